The number of rotatable bonds is 6. The minimum Gasteiger partial charge on any atom is -0.444 e. The molecule has 134 valence electrons. The second kappa shape index (κ2) is 8.71. The zero-order chi connectivity index (χ0) is 18.3. The lowest BCUT2D eigenvalue weighted by molar-refractivity contribution is 0.0635. The molecular formula is C19H30N2O3. The van der Waals surface area contributed by atoms with Gasteiger partial charge in [0.05, 0.1) is 0 Å². The van der Waals surface area contributed by atoms with Crippen molar-refractivity contribution in [2.24, 2.45) is 5.92 Å². The van der Waals surface area contributed by atoms with Crippen LogP contribution in [-0.4, -0.2) is 23.6 Å². The van der Waals surface area contributed by atoms with Crippen LogP contribution in [0.15, 0.2) is 24.3 Å². The number of hydrogen-bond acceptors (Lipinski definition) is 3. The van der Waals surface area contributed by atoms with Crippen molar-refractivity contribution in [2.45, 2.75) is 66.0 Å². The van der Waals surface area contributed by atoms with Crippen LogP contribution in [0, 0.1) is 5.92 Å². The van der Waals surface area contributed by atoms with E-state index in [2.05, 4.69) is 24.5 Å². The monoisotopic (exact) mass is 334 g/mol. The number of amides is 2. The summed E-state index contributed by atoms with van der Waals surface area (Å²) in [5.74, 6) is 0.526. The fourth-order valence-electron chi connectivity index (χ4n) is 2.09. The summed E-state index contributed by atoms with van der Waals surface area (Å²) >= 11 is 0. The van der Waals surface area contributed by atoms with E-state index in [9.17, 15) is 9.59 Å². The molecule has 24 heavy (non-hydrogen) atoms. The van der Waals surface area contributed by atoms with Crippen molar-refractivity contribution < 1.29 is 14.3 Å². The number of hydrogen-bond donors (Lipinski definition) is 2. The van der Waals surface area contributed by atoms with E-state index >= 15 is 0 Å². The molecule has 0 aliphatic heterocycles. The number of carbonyl (C=O) groups is 2. The number of carbonyl (C=O) groups excluding carboxylic acids is 2. The van der Waals surface area contributed by atoms with Crippen LogP contribution >= 0.6 is 0 Å². The minimum atomic E-state index is -0.546. The number of nitrogens with one attached hydrogen (secondary N) is 2. The maximum atomic E-state index is 12.2. The fourth-order valence-corrected chi connectivity index (χ4v) is 2.09. The van der Waals surface area contributed by atoms with Crippen LogP contribution in [0.1, 0.15) is 64.7 Å². The summed E-state index contributed by atoms with van der Waals surface area (Å²) in [6.07, 6.45) is 1.53. The van der Waals surface area contributed by atoms with Crippen LogP contribution in [0.25, 0.3) is 0 Å². The Morgan fingerprint density at radius 3 is 2.12 bits per heavy atom. The summed E-state index contributed by atoms with van der Waals surface area (Å²) in [6.45, 7) is 11.8. The number of anilines is 1. The van der Waals surface area contributed by atoms with Gasteiger partial charge < -0.3 is 10.1 Å². The van der Waals surface area contributed by atoms with Gasteiger partial charge in [0.1, 0.15) is 5.60 Å². The average molecular weight is 334 g/mol. The molecule has 2 amide bonds. The molecule has 5 heteroatoms. The molecule has 1 atom stereocenters. The maximum absolute atomic E-state index is 12.2. The molecule has 0 saturated heterocycles. The van der Waals surface area contributed by atoms with Crippen molar-refractivity contribution in [3.05, 3.63) is 29.8 Å². The van der Waals surface area contributed by atoms with Crippen LogP contribution in [0.5, 0.6) is 0 Å². The fraction of sp³-hybridized carbons (Fsp3) is 0.579. The van der Waals surface area contributed by atoms with Gasteiger partial charge in [-0.25, -0.2) is 4.79 Å². The molecule has 1 unspecified atom stereocenters. The van der Waals surface area contributed by atoms with Crippen molar-refractivity contribution in [1.29, 1.82) is 0 Å². The summed E-state index contributed by atoms with van der Waals surface area (Å²) < 4.78 is 5.19. The molecular weight excluding hydrogens is 304 g/mol. The largest absolute Gasteiger partial charge is 0.444 e. The Morgan fingerprint density at radius 1 is 1.04 bits per heavy atom. The van der Waals surface area contributed by atoms with Crippen molar-refractivity contribution in [3.8, 4) is 0 Å². The van der Waals surface area contributed by atoms with E-state index in [4.69, 9.17) is 4.74 Å². The van der Waals surface area contributed by atoms with E-state index in [1.54, 1.807) is 45.0 Å². The van der Waals surface area contributed by atoms with Gasteiger partial charge in [0.2, 0.25) is 0 Å². The molecule has 1 rings (SSSR count). The molecule has 1 aromatic carbocycles. The molecule has 0 aliphatic rings. The quantitative estimate of drug-likeness (QED) is 0.799. The highest BCUT2D eigenvalue weighted by molar-refractivity contribution is 5.95. The molecule has 0 saturated carbocycles. The van der Waals surface area contributed by atoms with Gasteiger partial charge in [-0.3, -0.25) is 10.1 Å². The van der Waals surface area contributed by atoms with E-state index in [1.807, 2.05) is 6.92 Å². The lowest BCUT2D eigenvalue weighted by atomic mass is 10.0. The highest BCUT2D eigenvalue weighted by Gasteiger charge is 2.16. The van der Waals surface area contributed by atoms with Gasteiger partial charge >= 0.3 is 6.09 Å². The smallest absolute Gasteiger partial charge is 0.412 e. The summed E-state index contributed by atoms with van der Waals surface area (Å²) in [4.78, 5) is 23.9. The van der Waals surface area contributed by atoms with Crippen LogP contribution in [0.4, 0.5) is 10.5 Å². The molecule has 0 fully saturated rings. The maximum Gasteiger partial charge on any atom is 0.412 e. The summed E-state index contributed by atoms with van der Waals surface area (Å²) in [6, 6.07) is 6.91. The summed E-state index contributed by atoms with van der Waals surface area (Å²) in [5, 5.41) is 5.64. The molecule has 0 spiro atoms. The molecule has 0 aromatic heterocycles. The third kappa shape index (κ3) is 7.99. The first-order valence-electron chi connectivity index (χ1n) is 8.48. The topological polar surface area (TPSA) is 67.4 Å². The van der Waals surface area contributed by atoms with E-state index in [-0.39, 0.29) is 11.9 Å². The Hall–Kier alpha value is -2.04. The average Bonchev–Trinajstić information content (AvgIpc) is 2.43. The predicted molar refractivity (Wildman–Crippen MR) is 97.3 cm³/mol. The lowest BCUT2D eigenvalue weighted by Gasteiger charge is -2.19. The lowest BCUT2D eigenvalue weighted by Crippen LogP contribution is -2.32. The van der Waals surface area contributed by atoms with Crippen LogP contribution in [0.3, 0.4) is 0 Å². The number of ether oxygens (including phenoxy) is 1. The van der Waals surface area contributed by atoms with Gasteiger partial charge in [-0.2, -0.15) is 0 Å². The highest BCUT2D eigenvalue weighted by atomic mass is 16.6. The van der Waals surface area contributed by atoms with Crippen LogP contribution < -0.4 is 10.6 Å². The normalized spacial score (nSPS) is 12.6. The van der Waals surface area contributed by atoms with E-state index in [1.165, 1.54) is 0 Å². The van der Waals surface area contributed by atoms with Crippen LogP contribution in [-0.2, 0) is 4.74 Å². The summed E-state index contributed by atoms with van der Waals surface area (Å²) in [7, 11) is 0. The molecule has 5 nitrogen and oxygen atoms in total. The van der Waals surface area contributed by atoms with Crippen molar-refractivity contribution in [1.82, 2.24) is 5.32 Å². The third-order valence-electron chi connectivity index (χ3n) is 3.35. The van der Waals surface area contributed by atoms with Crippen molar-refractivity contribution in [2.75, 3.05) is 5.32 Å². The van der Waals surface area contributed by atoms with E-state index in [0.29, 0.717) is 17.2 Å². The summed E-state index contributed by atoms with van der Waals surface area (Å²) in [5.41, 5.74) is 0.616. The Bertz CT molecular complexity index is 545. The third-order valence-corrected chi connectivity index (χ3v) is 3.35. The highest BCUT2D eigenvalue weighted by Crippen LogP contribution is 2.13. The van der Waals surface area contributed by atoms with Crippen molar-refractivity contribution >= 4 is 17.7 Å². The first-order valence-corrected chi connectivity index (χ1v) is 8.48. The minimum absolute atomic E-state index is 0.102. The van der Waals surface area contributed by atoms with E-state index < -0.39 is 11.7 Å². The Balaban J connectivity index is 2.54. The Kier molecular flexibility index (Phi) is 7.26. The first-order chi connectivity index (χ1) is 11.1. The van der Waals surface area contributed by atoms with E-state index in [0.717, 1.165) is 12.8 Å². The van der Waals surface area contributed by atoms with Gasteiger partial charge in [-0.05, 0) is 70.7 Å². The SMILES string of the molecule is CC(C)CCC(C)NC(=O)c1ccc(NC(=O)OC(C)(C)C)cc1. The molecule has 2 N–H and O–H groups in total. The van der Waals surface area contributed by atoms with Crippen LogP contribution in [0.2, 0.25) is 0 Å². The first kappa shape index (κ1) is 20.0. The van der Waals surface area contributed by atoms with Crippen molar-refractivity contribution in [3.63, 3.8) is 0 Å². The molecule has 0 heterocycles. The molecule has 0 bridgehead atoms. The zero-order valence-corrected chi connectivity index (χ0v) is 15.6. The second-order valence-electron chi connectivity index (χ2n) is 7.55. The Morgan fingerprint density at radius 2 is 1.62 bits per heavy atom. The Labute approximate surface area is 145 Å². The number of benzene rings is 1. The van der Waals surface area contributed by atoms with Gasteiger partial charge in [0.25, 0.3) is 5.91 Å². The molecule has 0 radical (unpaired) electrons. The van der Waals surface area contributed by atoms with Gasteiger partial charge in [-0.15, -0.1) is 0 Å². The second-order valence-corrected chi connectivity index (χ2v) is 7.55. The molecule has 0 aliphatic carbocycles. The van der Waals surface area contributed by atoms with Gasteiger partial charge in [0.15, 0.2) is 0 Å². The van der Waals surface area contributed by atoms with Gasteiger partial charge in [0, 0.05) is 17.3 Å². The standard InChI is InChI=1S/C19H30N2O3/c1-13(2)7-8-14(3)20-17(22)15-9-11-16(12-10-15)21-18(23)24-19(4,5)6/h9-14H,7-8H2,1-6H3,(H,20,22)(H,21,23). The zero-order valence-electron chi connectivity index (χ0n) is 15.6. The van der Waals surface area contributed by atoms with Gasteiger partial charge in [-0.1, -0.05) is 13.8 Å². The molecule has 1 aromatic rings. The predicted octanol–water partition coefficient (Wildman–Crippen LogP) is 4.59.